The number of aromatic nitrogens is 1. The number of H-pyrrole nitrogens is 1. The summed E-state index contributed by atoms with van der Waals surface area (Å²) >= 11 is 0. The Labute approximate surface area is 209 Å². The van der Waals surface area contributed by atoms with Gasteiger partial charge in [-0.1, -0.05) is 77.4 Å². The molecule has 0 unspecified atom stereocenters. The molecule has 0 atom stereocenters. The van der Waals surface area contributed by atoms with E-state index in [2.05, 4.69) is 143 Å². The molecule has 4 aromatic carbocycles. The molecule has 0 amide bonds. The molecular formula is C33H36N2. The van der Waals surface area contributed by atoms with Crippen LogP contribution in [-0.2, 0) is 10.8 Å². The number of nitrogens with one attached hydrogen (secondary N) is 1. The third-order valence-corrected chi connectivity index (χ3v) is 6.98. The average molecular weight is 461 g/mol. The summed E-state index contributed by atoms with van der Waals surface area (Å²) in [6.07, 6.45) is 0. The summed E-state index contributed by atoms with van der Waals surface area (Å²) in [5, 5.41) is 2.52. The van der Waals surface area contributed by atoms with E-state index in [1.54, 1.807) is 0 Å². The minimum Gasteiger partial charge on any atom is -0.355 e. The van der Waals surface area contributed by atoms with Crippen LogP contribution in [0.3, 0.4) is 0 Å². The zero-order valence-corrected chi connectivity index (χ0v) is 22.0. The Morgan fingerprint density at radius 2 is 0.943 bits per heavy atom. The molecule has 0 aliphatic carbocycles. The second kappa shape index (κ2) is 8.30. The summed E-state index contributed by atoms with van der Waals surface area (Å²) in [5.41, 5.74) is 10.0. The first-order chi connectivity index (χ1) is 16.5. The van der Waals surface area contributed by atoms with Crippen LogP contribution in [0.15, 0.2) is 84.9 Å². The van der Waals surface area contributed by atoms with Crippen LogP contribution in [-0.4, -0.2) is 4.98 Å². The van der Waals surface area contributed by atoms with E-state index in [9.17, 15) is 0 Å². The summed E-state index contributed by atoms with van der Waals surface area (Å²) in [7, 11) is 0. The molecule has 0 bridgehead atoms. The van der Waals surface area contributed by atoms with Gasteiger partial charge in [-0.25, -0.2) is 0 Å². The van der Waals surface area contributed by atoms with Crippen LogP contribution in [0, 0.1) is 6.92 Å². The van der Waals surface area contributed by atoms with Gasteiger partial charge in [-0.2, -0.15) is 0 Å². The number of anilines is 3. The van der Waals surface area contributed by atoms with Crippen molar-refractivity contribution in [3.05, 3.63) is 102 Å². The first-order valence-electron chi connectivity index (χ1n) is 12.5. The second-order valence-electron chi connectivity index (χ2n) is 11.8. The number of aromatic amines is 1. The molecule has 0 saturated heterocycles. The first-order valence-corrected chi connectivity index (χ1v) is 12.5. The van der Waals surface area contributed by atoms with E-state index < -0.39 is 0 Å². The van der Waals surface area contributed by atoms with Gasteiger partial charge in [0.05, 0.1) is 0 Å². The molecule has 178 valence electrons. The minimum atomic E-state index is 0.124. The lowest BCUT2D eigenvalue weighted by Crippen LogP contribution is -2.14. The van der Waals surface area contributed by atoms with Crippen LogP contribution in [0.25, 0.3) is 21.8 Å². The Hall–Kier alpha value is -3.52. The molecule has 5 aromatic rings. The number of benzene rings is 4. The van der Waals surface area contributed by atoms with Gasteiger partial charge in [0.1, 0.15) is 0 Å². The zero-order valence-electron chi connectivity index (χ0n) is 22.0. The van der Waals surface area contributed by atoms with Crippen LogP contribution < -0.4 is 4.90 Å². The van der Waals surface area contributed by atoms with Gasteiger partial charge in [-0.05, 0) is 83.5 Å². The van der Waals surface area contributed by atoms with E-state index in [0.717, 1.165) is 17.1 Å². The number of nitrogens with zero attached hydrogens (tertiary/aromatic N) is 1. The SMILES string of the molecule is Cc1ccc2[nH]c3ccc(N(c4ccc(C(C)(C)C)cc4)c4ccc(C(C)(C)C)cc4)cc3c2c1. The normalized spacial score (nSPS) is 12.4. The molecule has 0 aliphatic rings. The average Bonchev–Trinajstić information content (AvgIpc) is 3.16. The number of hydrogen-bond acceptors (Lipinski definition) is 1. The highest BCUT2D eigenvalue weighted by Crippen LogP contribution is 2.39. The highest BCUT2D eigenvalue weighted by atomic mass is 15.1. The van der Waals surface area contributed by atoms with E-state index in [-0.39, 0.29) is 10.8 Å². The summed E-state index contributed by atoms with van der Waals surface area (Å²) in [4.78, 5) is 5.95. The first kappa shape index (κ1) is 23.2. The Morgan fingerprint density at radius 3 is 1.43 bits per heavy atom. The van der Waals surface area contributed by atoms with E-state index in [0.29, 0.717) is 0 Å². The fraction of sp³-hybridized carbons (Fsp3) is 0.273. The Bertz CT molecular complexity index is 1430. The van der Waals surface area contributed by atoms with Crippen molar-refractivity contribution in [2.75, 3.05) is 4.90 Å². The molecule has 5 rings (SSSR count). The summed E-state index contributed by atoms with van der Waals surface area (Å²) in [6, 6.07) is 31.4. The van der Waals surface area contributed by atoms with E-state index in [1.807, 2.05) is 0 Å². The summed E-state index contributed by atoms with van der Waals surface area (Å²) < 4.78 is 0. The largest absolute Gasteiger partial charge is 0.355 e. The molecule has 0 aliphatic heterocycles. The molecule has 0 fully saturated rings. The summed E-state index contributed by atoms with van der Waals surface area (Å²) in [6.45, 7) is 15.7. The van der Waals surface area contributed by atoms with Crippen LogP contribution >= 0.6 is 0 Å². The standard InChI is InChI=1S/C33H36N2/c1-22-8-18-30-28(20-22)29-21-27(17-19-31(29)34-30)35(25-13-9-23(10-14-25)32(2,3)4)26-15-11-24(12-16-26)33(5,6)7/h8-21,34H,1-7H3. The van der Waals surface area contributed by atoms with Gasteiger partial charge in [0.25, 0.3) is 0 Å². The topological polar surface area (TPSA) is 19.0 Å². The number of aryl methyl sites for hydroxylation is 1. The van der Waals surface area contributed by atoms with E-state index in [4.69, 9.17) is 0 Å². The molecule has 0 saturated carbocycles. The Kier molecular flexibility index (Phi) is 5.51. The molecule has 2 nitrogen and oxygen atoms in total. The fourth-order valence-corrected chi connectivity index (χ4v) is 4.81. The molecule has 0 radical (unpaired) electrons. The van der Waals surface area contributed by atoms with Crippen molar-refractivity contribution in [3.8, 4) is 0 Å². The molecule has 2 heteroatoms. The fourth-order valence-electron chi connectivity index (χ4n) is 4.81. The van der Waals surface area contributed by atoms with Gasteiger partial charge in [0, 0.05) is 38.9 Å². The van der Waals surface area contributed by atoms with Gasteiger partial charge in [0.15, 0.2) is 0 Å². The van der Waals surface area contributed by atoms with Crippen LogP contribution in [0.5, 0.6) is 0 Å². The maximum absolute atomic E-state index is 3.58. The number of fused-ring (bicyclic) bond motifs is 3. The van der Waals surface area contributed by atoms with Gasteiger partial charge in [-0.3, -0.25) is 0 Å². The van der Waals surface area contributed by atoms with Crippen LogP contribution in [0.4, 0.5) is 17.1 Å². The number of rotatable bonds is 3. The maximum atomic E-state index is 3.58. The second-order valence-corrected chi connectivity index (χ2v) is 11.8. The van der Waals surface area contributed by atoms with Gasteiger partial charge in [0.2, 0.25) is 0 Å². The number of hydrogen-bond donors (Lipinski definition) is 1. The van der Waals surface area contributed by atoms with Gasteiger partial charge in [-0.15, -0.1) is 0 Å². The molecule has 1 heterocycles. The molecule has 1 aromatic heterocycles. The molecule has 1 N–H and O–H groups in total. The predicted molar refractivity (Wildman–Crippen MR) is 153 cm³/mol. The lowest BCUT2D eigenvalue weighted by Gasteiger charge is -2.28. The van der Waals surface area contributed by atoms with Crippen molar-refractivity contribution in [2.24, 2.45) is 0 Å². The Balaban J connectivity index is 1.68. The summed E-state index contributed by atoms with van der Waals surface area (Å²) in [5.74, 6) is 0. The minimum absolute atomic E-state index is 0.124. The highest BCUT2D eigenvalue weighted by molar-refractivity contribution is 6.09. The lowest BCUT2D eigenvalue weighted by molar-refractivity contribution is 0.590. The van der Waals surface area contributed by atoms with E-state index >= 15 is 0 Å². The highest BCUT2D eigenvalue weighted by Gasteiger charge is 2.19. The molecule has 0 spiro atoms. The Morgan fingerprint density at radius 1 is 0.514 bits per heavy atom. The smallest absolute Gasteiger partial charge is 0.0469 e. The van der Waals surface area contributed by atoms with E-state index in [1.165, 1.54) is 38.5 Å². The lowest BCUT2D eigenvalue weighted by atomic mass is 9.86. The molecule has 35 heavy (non-hydrogen) atoms. The van der Waals surface area contributed by atoms with Crippen molar-refractivity contribution in [2.45, 2.75) is 59.3 Å². The van der Waals surface area contributed by atoms with Crippen LogP contribution in [0.2, 0.25) is 0 Å². The van der Waals surface area contributed by atoms with Crippen molar-refractivity contribution < 1.29 is 0 Å². The van der Waals surface area contributed by atoms with Crippen molar-refractivity contribution in [1.29, 1.82) is 0 Å². The quantitative estimate of drug-likeness (QED) is 0.284. The van der Waals surface area contributed by atoms with Gasteiger partial charge >= 0.3 is 0 Å². The molecular weight excluding hydrogens is 424 g/mol. The predicted octanol–water partition coefficient (Wildman–Crippen LogP) is 9.69. The van der Waals surface area contributed by atoms with Crippen LogP contribution in [0.1, 0.15) is 58.2 Å². The maximum Gasteiger partial charge on any atom is 0.0469 e. The van der Waals surface area contributed by atoms with Gasteiger partial charge < -0.3 is 9.88 Å². The van der Waals surface area contributed by atoms with Crippen molar-refractivity contribution in [3.63, 3.8) is 0 Å². The third-order valence-electron chi connectivity index (χ3n) is 6.98. The third kappa shape index (κ3) is 4.46. The zero-order chi connectivity index (χ0) is 25.0. The van der Waals surface area contributed by atoms with Crippen molar-refractivity contribution >= 4 is 38.9 Å². The van der Waals surface area contributed by atoms with Crippen molar-refractivity contribution in [1.82, 2.24) is 4.98 Å². The monoisotopic (exact) mass is 460 g/mol.